The van der Waals surface area contributed by atoms with Crippen molar-refractivity contribution in [3.05, 3.63) is 12.7 Å². The minimum atomic E-state index is -0.684. The SMILES string of the molecule is C=C[C@]1(C)C[C@@H](O)[C@@H]2[C@]3(C)CCC[C@](C)(CO)[C@@H]3C(=O)C[C@]2(C)O1. The van der Waals surface area contributed by atoms with Crippen LogP contribution in [0.3, 0.4) is 0 Å². The van der Waals surface area contributed by atoms with Gasteiger partial charge in [0.2, 0.25) is 0 Å². The molecule has 3 aliphatic rings. The van der Waals surface area contributed by atoms with Gasteiger partial charge in [-0.15, -0.1) is 6.58 Å². The molecule has 1 saturated heterocycles. The van der Waals surface area contributed by atoms with Crippen LogP contribution in [0.25, 0.3) is 0 Å². The molecule has 2 aliphatic carbocycles. The number of carbonyl (C=O) groups is 1. The van der Waals surface area contributed by atoms with Gasteiger partial charge >= 0.3 is 0 Å². The van der Waals surface area contributed by atoms with Crippen LogP contribution in [-0.2, 0) is 9.53 Å². The van der Waals surface area contributed by atoms with E-state index in [1.54, 1.807) is 6.08 Å². The fourth-order valence-corrected chi connectivity index (χ4v) is 6.65. The van der Waals surface area contributed by atoms with Crippen LogP contribution in [0, 0.1) is 22.7 Å². The standard InChI is InChI=1S/C20H32O4/c1-6-18(3)10-13(22)16-19(4)9-7-8-17(2,12-21)15(19)14(23)11-20(16,5)24-18/h6,13,15-16,21-22H,1,7-12H2,2-5H3/t13-,15+,16-,17-,18-,19-,20+/m1/s1. The normalized spacial score (nSPS) is 54.8. The van der Waals surface area contributed by atoms with E-state index in [1.165, 1.54) is 0 Å². The minimum Gasteiger partial charge on any atom is -0.396 e. The second-order valence-electron chi connectivity index (χ2n) is 9.43. The summed E-state index contributed by atoms with van der Waals surface area (Å²) in [6, 6.07) is 0. The molecule has 0 spiro atoms. The zero-order chi connectivity index (χ0) is 18.0. The lowest BCUT2D eigenvalue weighted by molar-refractivity contribution is -0.275. The molecule has 0 unspecified atom stereocenters. The summed E-state index contributed by atoms with van der Waals surface area (Å²) in [6.45, 7) is 11.9. The molecule has 1 aliphatic heterocycles. The minimum absolute atomic E-state index is 0.0176. The lowest BCUT2D eigenvalue weighted by atomic mass is 9.43. The summed E-state index contributed by atoms with van der Waals surface area (Å²) in [5.41, 5.74) is -2.04. The van der Waals surface area contributed by atoms with E-state index in [0.717, 1.165) is 19.3 Å². The van der Waals surface area contributed by atoms with E-state index in [4.69, 9.17) is 4.74 Å². The van der Waals surface area contributed by atoms with Crippen LogP contribution in [0.1, 0.15) is 59.8 Å². The topological polar surface area (TPSA) is 66.8 Å². The Bertz CT molecular complexity index is 560. The van der Waals surface area contributed by atoms with Gasteiger partial charge in [0, 0.05) is 36.7 Å². The molecule has 0 aromatic carbocycles. The third-order valence-electron chi connectivity index (χ3n) is 7.29. The number of aliphatic hydroxyl groups is 2. The van der Waals surface area contributed by atoms with Gasteiger partial charge in [0.05, 0.1) is 17.3 Å². The van der Waals surface area contributed by atoms with Gasteiger partial charge in [0.25, 0.3) is 0 Å². The summed E-state index contributed by atoms with van der Waals surface area (Å²) in [6.07, 6.45) is 4.74. The maximum absolute atomic E-state index is 13.2. The van der Waals surface area contributed by atoms with Gasteiger partial charge in [-0.05, 0) is 32.1 Å². The Morgan fingerprint density at radius 1 is 1.29 bits per heavy atom. The molecule has 0 radical (unpaired) electrons. The van der Waals surface area contributed by atoms with Crippen LogP contribution in [-0.4, -0.2) is 39.9 Å². The van der Waals surface area contributed by atoms with Crippen LogP contribution in [0.15, 0.2) is 12.7 Å². The van der Waals surface area contributed by atoms with E-state index >= 15 is 0 Å². The first-order valence-electron chi connectivity index (χ1n) is 9.19. The lowest BCUT2D eigenvalue weighted by Crippen LogP contribution is -2.69. The first-order valence-corrected chi connectivity index (χ1v) is 9.19. The number of ketones is 1. The summed E-state index contributed by atoms with van der Waals surface area (Å²) < 4.78 is 6.41. The Hall–Kier alpha value is -0.710. The lowest BCUT2D eigenvalue weighted by Gasteiger charge is -2.65. The fraction of sp³-hybridized carbons (Fsp3) is 0.850. The summed E-state index contributed by atoms with van der Waals surface area (Å²) in [5, 5.41) is 21.1. The molecule has 2 saturated carbocycles. The predicted octanol–water partition coefficient (Wildman–Crippen LogP) is 2.87. The zero-order valence-corrected chi connectivity index (χ0v) is 15.5. The molecule has 3 fully saturated rings. The maximum Gasteiger partial charge on any atom is 0.140 e. The van der Waals surface area contributed by atoms with Gasteiger partial charge in [0.1, 0.15) is 5.78 Å². The molecule has 0 aromatic rings. The Morgan fingerprint density at radius 3 is 2.54 bits per heavy atom. The van der Waals surface area contributed by atoms with Crippen LogP contribution in [0.5, 0.6) is 0 Å². The van der Waals surface area contributed by atoms with Gasteiger partial charge in [-0.25, -0.2) is 0 Å². The molecule has 3 rings (SSSR count). The molecule has 24 heavy (non-hydrogen) atoms. The highest BCUT2D eigenvalue weighted by Gasteiger charge is 2.67. The van der Waals surface area contributed by atoms with Crippen LogP contribution in [0.2, 0.25) is 0 Å². The van der Waals surface area contributed by atoms with Gasteiger partial charge in [-0.2, -0.15) is 0 Å². The quantitative estimate of drug-likeness (QED) is 0.761. The smallest absolute Gasteiger partial charge is 0.140 e. The third-order valence-corrected chi connectivity index (χ3v) is 7.29. The van der Waals surface area contributed by atoms with E-state index < -0.39 is 22.7 Å². The molecular weight excluding hydrogens is 304 g/mol. The number of carbonyl (C=O) groups excluding carboxylic acids is 1. The summed E-state index contributed by atoms with van der Waals surface area (Å²) >= 11 is 0. The van der Waals surface area contributed by atoms with Crippen molar-refractivity contribution in [3.63, 3.8) is 0 Å². The highest BCUT2D eigenvalue weighted by Crippen LogP contribution is 2.64. The van der Waals surface area contributed by atoms with Crippen molar-refractivity contribution in [1.29, 1.82) is 0 Å². The number of hydrogen-bond acceptors (Lipinski definition) is 4. The number of rotatable bonds is 2. The van der Waals surface area contributed by atoms with Crippen LogP contribution >= 0.6 is 0 Å². The zero-order valence-electron chi connectivity index (χ0n) is 15.5. The predicted molar refractivity (Wildman–Crippen MR) is 92.5 cm³/mol. The second kappa shape index (κ2) is 5.39. The number of fused-ring (bicyclic) bond motifs is 3. The summed E-state index contributed by atoms with van der Waals surface area (Å²) in [5.74, 6) is -0.145. The van der Waals surface area contributed by atoms with E-state index in [9.17, 15) is 15.0 Å². The van der Waals surface area contributed by atoms with E-state index in [1.807, 2.05) is 20.8 Å². The summed E-state index contributed by atoms with van der Waals surface area (Å²) in [7, 11) is 0. The molecule has 4 heteroatoms. The second-order valence-corrected chi connectivity index (χ2v) is 9.43. The fourth-order valence-electron chi connectivity index (χ4n) is 6.65. The molecule has 2 N–H and O–H groups in total. The van der Waals surface area contributed by atoms with E-state index in [-0.39, 0.29) is 29.6 Å². The molecule has 0 bridgehead atoms. The van der Waals surface area contributed by atoms with Crippen molar-refractivity contribution >= 4 is 5.78 Å². The highest BCUT2D eigenvalue weighted by molar-refractivity contribution is 5.85. The Balaban J connectivity index is 2.09. The van der Waals surface area contributed by atoms with Crippen molar-refractivity contribution in [2.24, 2.45) is 22.7 Å². The number of ether oxygens (including phenoxy) is 1. The molecule has 4 nitrogen and oxygen atoms in total. The molecule has 0 amide bonds. The van der Waals surface area contributed by atoms with E-state index in [2.05, 4.69) is 13.5 Å². The Labute approximate surface area is 145 Å². The van der Waals surface area contributed by atoms with Crippen molar-refractivity contribution in [2.45, 2.75) is 77.1 Å². The molecule has 136 valence electrons. The maximum atomic E-state index is 13.2. The van der Waals surface area contributed by atoms with Crippen LogP contribution in [0.4, 0.5) is 0 Å². The number of hydrogen-bond donors (Lipinski definition) is 2. The van der Waals surface area contributed by atoms with E-state index in [0.29, 0.717) is 12.8 Å². The van der Waals surface area contributed by atoms with Crippen molar-refractivity contribution in [2.75, 3.05) is 6.61 Å². The Kier molecular flexibility index (Phi) is 4.06. The average molecular weight is 336 g/mol. The largest absolute Gasteiger partial charge is 0.396 e. The monoisotopic (exact) mass is 336 g/mol. The van der Waals surface area contributed by atoms with Crippen LogP contribution < -0.4 is 0 Å². The highest BCUT2D eigenvalue weighted by atomic mass is 16.5. The Morgan fingerprint density at radius 2 is 1.96 bits per heavy atom. The van der Waals surface area contributed by atoms with Crippen molar-refractivity contribution < 1.29 is 19.7 Å². The van der Waals surface area contributed by atoms with Gasteiger partial charge < -0.3 is 14.9 Å². The number of aliphatic hydroxyl groups excluding tert-OH is 2. The third kappa shape index (κ3) is 2.33. The molecular formula is C20H32O4. The number of Topliss-reactive ketones (excluding diaryl/α,β-unsaturated/α-hetero) is 1. The first-order chi connectivity index (χ1) is 11.0. The molecule has 7 atom stereocenters. The molecule has 1 heterocycles. The van der Waals surface area contributed by atoms with Crippen molar-refractivity contribution in [1.82, 2.24) is 0 Å². The average Bonchev–Trinajstić information content (AvgIpc) is 2.44. The van der Waals surface area contributed by atoms with Gasteiger partial charge in [0.15, 0.2) is 0 Å². The molecule has 0 aromatic heterocycles. The van der Waals surface area contributed by atoms with Gasteiger partial charge in [-0.1, -0.05) is 26.3 Å². The summed E-state index contributed by atoms with van der Waals surface area (Å²) in [4.78, 5) is 13.2. The van der Waals surface area contributed by atoms with Crippen molar-refractivity contribution in [3.8, 4) is 0 Å². The van der Waals surface area contributed by atoms with Gasteiger partial charge in [-0.3, -0.25) is 4.79 Å². The first kappa shape index (κ1) is 18.1.